The second kappa shape index (κ2) is 7.60. The number of hydrogen-bond acceptors (Lipinski definition) is 3. The van der Waals surface area contributed by atoms with Gasteiger partial charge in [0.15, 0.2) is 5.65 Å². The maximum absolute atomic E-state index is 13.8. The molecule has 0 spiro atoms. The van der Waals surface area contributed by atoms with Crippen LogP contribution in [0.15, 0.2) is 66.9 Å². The molecule has 0 aliphatic heterocycles. The van der Waals surface area contributed by atoms with E-state index in [9.17, 15) is 9.18 Å². The molecule has 1 N–H and O–H groups in total. The summed E-state index contributed by atoms with van der Waals surface area (Å²) >= 11 is 0. The minimum absolute atomic E-state index is 0.0156. The summed E-state index contributed by atoms with van der Waals surface area (Å²) in [5.74, 6) is -0.353. The molecule has 2 aromatic heterocycles. The number of imidazole rings is 1. The van der Waals surface area contributed by atoms with Gasteiger partial charge in [0, 0.05) is 6.20 Å². The molecule has 0 bridgehead atoms. The Morgan fingerprint density at radius 1 is 1.07 bits per heavy atom. The van der Waals surface area contributed by atoms with Gasteiger partial charge in [0.2, 0.25) is 0 Å². The van der Waals surface area contributed by atoms with E-state index in [1.807, 2.05) is 23.6 Å². The van der Waals surface area contributed by atoms with Crippen LogP contribution < -0.4 is 5.32 Å². The van der Waals surface area contributed by atoms with E-state index in [1.165, 1.54) is 17.7 Å². The molecule has 0 saturated carbocycles. The van der Waals surface area contributed by atoms with Crippen LogP contribution in [0.5, 0.6) is 0 Å². The number of amides is 1. The summed E-state index contributed by atoms with van der Waals surface area (Å²) in [4.78, 5) is 21.4. The van der Waals surface area contributed by atoms with E-state index in [2.05, 4.69) is 39.6 Å². The first-order chi connectivity index (χ1) is 13.6. The number of hydrogen-bond donors (Lipinski definition) is 1. The second-order valence-corrected chi connectivity index (χ2v) is 6.61. The fourth-order valence-corrected chi connectivity index (χ4v) is 3.08. The molecule has 0 unspecified atom stereocenters. The third-order valence-electron chi connectivity index (χ3n) is 4.57. The molecular weight excluding hydrogens is 355 g/mol. The Hall–Kier alpha value is -3.54. The quantitative estimate of drug-likeness (QED) is 0.577. The van der Waals surface area contributed by atoms with Gasteiger partial charge in [-0.25, -0.2) is 14.4 Å². The smallest absolute Gasteiger partial charge is 0.254 e. The van der Waals surface area contributed by atoms with E-state index in [0.29, 0.717) is 12.4 Å². The molecule has 28 heavy (non-hydrogen) atoms. The van der Waals surface area contributed by atoms with Crippen molar-refractivity contribution in [2.45, 2.75) is 20.0 Å². The predicted octanol–water partition coefficient (Wildman–Crippen LogP) is 3.86. The van der Waals surface area contributed by atoms with Gasteiger partial charge in [0.05, 0.1) is 18.7 Å². The highest BCUT2D eigenvalue weighted by molar-refractivity contribution is 5.94. The SMILES string of the molecule is Cc1ccc(Cn2c(CNC(=O)c3ccccc3F)nc3cccnc32)cc1. The number of nitrogens with zero attached hydrogens (tertiary/aromatic N) is 3. The molecule has 0 aliphatic carbocycles. The summed E-state index contributed by atoms with van der Waals surface area (Å²) in [7, 11) is 0. The molecule has 1 amide bonds. The van der Waals surface area contributed by atoms with Crippen molar-refractivity contribution < 1.29 is 9.18 Å². The van der Waals surface area contributed by atoms with Gasteiger partial charge in [-0.1, -0.05) is 42.0 Å². The molecule has 6 heteroatoms. The van der Waals surface area contributed by atoms with Crippen molar-refractivity contribution in [1.82, 2.24) is 19.9 Å². The van der Waals surface area contributed by atoms with Crippen LogP contribution in [0.1, 0.15) is 27.3 Å². The van der Waals surface area contributed by atoms with Crippen molar-refractivity contribution in [2.24, 2.45) is 0 Å². The number of halogens is 1. The first-order valence-electron chi connectivity index (χ1n) is 9.00. The molecule has 4 aromatic rings. The van der Waals surface area contributed by atoms with Crippen LogP contribution in [0.4, 0.5) is 4.39 Å². The van der Waals surface area contributed by atoms with Crippen LogP contribution in [0.2, 0.25) is 0 Å². The number of nitrogens with one attached hydrogen (secondary N) is 1. The maximum atomic E-state index is 13.8. The summed E-state index contributed by atoms with van der Waals surface area (Å²) < 4.78 is 15.8. The summed E-state index contributed by atoms with van der Waals surface area (Å²) in [6.45, 7) is 2.80. The normalized spacial score (nSPS) is 10.9. The number of rotatable bonds is 5. The van der Waals surface area contributed by atoms with Crippen LogP contribution in [-0.4, -0.2) is 20.4 Å². The highest BCUT2D eigenvalue weighted by Gasteiger charge is 2.15. The van der Waals surface area contributed by atoms with E-state index in [1.54, 1.807) is 18.3 Å². The second-order valence-electron chi connectivity index (χ2n) is 6.61. The summed E-state index contributed by atoms with van der Waals surface area (Å²) in [5, 5.41) is 2.76. The number of fused-ring (bicyclic) bond motifs is 1. The molecule has 4 rings (SSSR count). The lowest BCUT2D eigenvalue weighted by molar-refractivity contribution is 0.0945. The number of benzene rings is 2. The Morgan fingerprint density at radius 3 is 2.64 bits per heavy atom. The number of pyridine rings is 1. The lowest BCUT2D eigenvalue weighted by Gasteiger charge is -2.10. The first kappa shape index (κ1) is 17.9. The standard InChI is InChI=1S/C22H19FN4O/c1-15-8-10-16(11-9-15)14-27-20(26-19-7-4-12-24-21(19)27)13-25-22(28)17-5-2-3-6-18(17)23/h2-12H,13-14H2,1H3,(H,25,28). The van der Waals surface area contributed by atoms with Crippen molar-refractivity contribution in [2.75, 3.05) is 0 Å². The third-order valence-corrected chi connectivity index (χ3v) is 4.57. The van der Waals surface area contributed by atoms with Crippen molar-refractivity contribution in [1.29, 1.82) is 0 Å². The number of carbonyl (C=O) groups excluding carboxylic acids is 1. The largest absolute Gasteiger partial charge is 0.345 e. The van der Waals surface area contributed by atoms with Crippen LogP contribution in [-0.2, 0) is 13.1 Å². The summed E-state index contributed by atoms with van der Waals surface area (Å²) in [6.07, 6.45) is 1.72. The van der Waals surface area contributed by atoms with Gasteiger partial charge in [-0.05, 0) is 36.8 Å². The van der Waals surface area contributed by atoms with Gasteiger partial charge in [-0.15, -0.1) is 0 Å². The predicted molar refractivity (Wildman–Crippen MR) is 105 cm³/mol. The van der Waals surface area contributed by atoms with E-state index in [0.717, 1.165) is 16.7 Å². The number of aryl methyl sites for hydroxylation is 1. The molecule has 0 aliphatic rings. The number of aromatic nitrogens is 3. The minimum atomic E-state index is -0.546. The Morgan fingerprint density at radius 2 is 1.86 bits per heavy atom. The van der Waals surface area contributed by atoms with Gasteiger partial charge in [0.25, 0.3) is 5.91 Å². The Bertz CT molecular complexity index is 1130. The van der Waals surface area contributed by atoms with Gasteiger partial charge < -0.3 is 9.88 Å². The van der Waals surface area contributed by atoms with Gasteiger partial charge in [0.1, 0.15) is 17.2 Å². The summed E-state index contributed by atoms with van der Waals surface area (Å²) in [5.41, 5.74) is 3.82. The summed E-state index contributed by atoms with van der Waals surface area (Å²) in [6, 6.07) is 17.9. The molecular formula is C22H19FN4O. The van der Waals surface area contributed by atoms with Crippen molar-refractivity contribution in [3.8, 4) is 0 Å². The first-order valence-corrected chi connectivity index (χ1v) is 9.00. The van der Waals surface area contributed by atoms with Gasteiger partial charge in [-0.3, -0.25) is 4.79 Å². The van der Waals surface area contributed by atoms with Gasteiger partial charge in [-0.2, -0.15) is 0 Å². The van der Waals surface area contributed by atoms with E-state index in [4.69, 9.17) is 0 Å². The van der Waals surface area contributed by atoms with Crippen LogP contribution in [0, 0.1) is 12.7 Å². The van der Waals surface area contributed by atoms with Gasteiger partial charge >= 0.3 is 0 Å². The lowest BCUT2D eigenvalue weighted by Crippen LogP contribution is -2.25. The van der Waals surface area contributed by atoms with Crippen LogP contribution >= 0.6 is 0 Å². The monoisotopic (exact) mass is 374 g/mol. The van der Waals surface area contributed by atoms with Crippen molar-refractivity contribution in [3.63, 3.8) is 0 Å². The van der Waals surface area contributed by atoms with E-state index in [-0.39, 0.29) is 12.1 Å². The average Bonchev–Trinajstić information content (AvgIpc) is 3.06. The number of carbonyl (C=O) groups is 1. The van der Waals surface area contributed by atoms with Crippen molar-refractivity contribution >= 4 is 17.1 Å². The highest BCUT2D eigenvalue weighted by Crippen LogP contribution is 2.17. The molecule has 0 fully saturated rings. The molecule has 2 aromatic carbocycles. The highest BCUT2D eigenvalue weighted by atomic mass is 19.1. The Kier molecular flexibility index (Phi) is 4.85. The molecule has 0 atom stereocenters. The molecule has 140 valence electrons. The zero-order chi connectivity index (χ0) is 19.5. The molecule has 0 saturated heterocycles. The zero-order valence-corrected chi connectivity index (χ0v) is 15.4. The molecule has 0 radical (unpaired) electrons. The van der Waals surface area contributed by atoms with E-state index >= 15 is 0 Å². The average molecular weight is 374 g/mol. The molecule has 2 heterocycles. The fraction of sp³-hybridized carbons (Fsp3) is 0.136. The maximum Gasteiger partial charge on any atom is 0.254 e. The minimum Gasteiger partial charge on any atom is -0.345 e. The Balaban J connectivity index is 1.62. The Labute approximate surface area is 161 Å². The third kappa shape index (κ3) is 3.62. The lowest BCUT2D eigenvalue weighted by atomic mass is 10.1. The van der Waals surface area contributed by atoms with Crippen LogP contribution in [0.25, 0.3) is 11.2 Å². The van der Waals surface area contributed by atoms with Crippen LogP contribution in [0.3, 0.4) is 0 Å². The zero-order valence-electron chi connectivity index (χ0n) is 15.4. The fourth-order valence-electron chi connectivity index (χ4n) is 3.08. The van der Waals surface area contributed by atoms with Crippen molar-refractivity contribution in [3.05, 3.63) is 95.2 Å². The van der Waals surface area contributed by atoms with E-state index < -0.39 is 11.7 Å². The molecule has 5 nitrogen and oxygen atoms in total. The topological polar surface area (TPSA) is 59.8 Å².